The number of Topliss-reactive ketones (excluding diaryl/α,β-unsaturated/α-hetero) is 1. The third-order valence-corrected chi connectivity index (χ3v) is 4.14. The second-order valence-electron chi connectivity index (χ2n) is 7.15. The van der Waals surface area contributed by atoms with Gasteiger partial charge < -0.3 is 10.4 Å². The van der Waals surface area contributed by atoms with Gasteiger partial charge in [0, 0.05) is 29.6 Å². The Hall–Kier alpha value is -1.79. The van der Waals surface area contributed by atoms with E-state index in [0.29, 0.717) is 12.0 Å². The normalized spacial score (nSPS) is 24.8. The fraction of sp³-hybridized carbons (Fsp3) is 0.562. The van der Waals surface area contributed by atoms with Gasteiger partial charge in [-0.25, -0.2) is 0 Å². The summed E-state index contributed by atoms with van der Waals surface area (Å²) >= 11 is 0. The summed E-state index contributed by atoms with van der Waals surface area (Å²) in [5, 5.41) is 24.9. The van der Waals surface area contributed by atoms with Gasteiger partial charge in [0.1, 0.15) is 5.78 Å². The number of benzene rings is 1. The molecule has 6 heteroatoms. The van der Waals surface area contributed by atoms with Crippen LogP contribution in [0, 0.1) is 16.0 Å². The molecule has 0 unspecified atom stereocenters. The Kier molecular flexibility index (Phi) is 4.10. The number of hydrogen-bond donors (Lipinski definition) is 2. The maximum atomic E-state index is 12.5. The molecule has 1 heterocycles. The van der Waals surface area contributed by atoms with Gasteiger partial charge in [-0.1, -0.05) is 12.1 Å². The average Bonchev–Trinajstić information content (AvgIpc) is 2.35. The predicted octanol–water partition coefficient (Wildman–Crippen LogP) is 2.36. The van der Waals surface area contributed by atoms with Gasteiger partial charge in [-0.05, 0) is 33.3 Å². The molecule has 1 aliphatic rings. The van der Waals surface area contributed by atoms with Crippen molar-refractivity contribution in [3.05, 3.63) is 39.9 Å². The number of aliphatic hydroxyl groups excluding tert-OH is 1. The molecule has 22 heavy (non-hydrogen) atoms. The molecule has 0 aromatic heterocycles. The Morgan fingerprint density at radius 1 is 1.36 bits per heavy atom. The van der Waals surface area contributed by atoms with Crippen molar-refractivity contribution in [2.45, 2.75) is 51.3 Å². The van der Waals surface area contributed by atoms with E-state index in [1.807, 2.05) is 27.7 Å². The van der Waals surface area contributed by atoms with E-state index in [0.717, 1.165) is 0 Å². The number of ketones is 1. The van der Waals surface area contributed by atoms with E-state index in [4.69, 9.17) is 0 Å². The smallest absolute Gasteiger partial charge is 0.269 e. The SMILES string of the molecule is CC1(C)CC(=O)[C@H]([C@@H](O)c2cccc([N+](=O)[O-])c2)C(C)(C)N1. The van der Waals surface area contributed by atoms with Crippen LogP contribution in [0.2, 0.25) is 0 Å². The molecule has 6 nitrogen and oxygen atoms in total. The number of non-ortho nitro benzene ring substituents is 1. The van der Waals surface area contributed by atoms with E-state index >= 15 is 0 Å². The molecule has 0 amide bonds. The van der Waals surface area contributed by atoms with Crippen LogP contribution in [0.25, 0.3) is 0 Å². The molecule has 1 aromatic carbocycles. The number of hydrogen-bond acceptors (Lipinski definition) is 5. The minimum absolute atomic E-state index is 0.0345. The lowest BCUT2D eigenvalue weighted by molar-refractivity contribution is -0.385. The Morgan fingerprint density at radius 2 is 2.00 bits per heavy atom. The first-order valence-electron chi connectivity index (χ1n) is 7.28. The van der Waals surface area contributed by atoms with Crippen molar-refractivity contribution < 1.29 is 14.8 Å². The molecule has 2 atom stereocenters. The fourth-order valence-electron chi connectivity index (χ4n) is 3.53. The fourth-order valence-corrected chi connectivity index (χ4v) is 3.53. The van der Waals surface area contributed by atoms with Gasteiger partial charge in [0.25, 0.3) is 5.69 Å². The zero-order valence-electron chi connectivity index (χ0n) is 13.3. The highest BCUT2D eigenvalue weighted by Gasteiger charge is 2.48. The van der Waals surface area contributed by atoms with Crippen molar-refractivity contribution in [3.8, 4) is 0 Å². The number of rotatable bonds is 3. The van der Waals surface area contributed by atoms with Gasteiger partial charge >= 0.3 is 0 Å². The van der Waals surface area contributed by atoms with Crippen molar-refractivity contribution in [1.82, 2.24) is 5.32 Å². The largest absolute Gasteiger partial charge is 0.388 e. The third-order valence-electron chi connectivity index (χ3n) is 4.14. The minimum Gasteiger partial charge on any atom is -0.388 e. The monoisotopic (exact) mass is 306 g/mol. The van der Waals surface area contributed by atoms with Crippen LogP contribution < -0.4 is 5.32 Å². The zero-order chi connectivity index (χ0) is 16.7. The van der Waals surface area contributed by atoms with Gasteiger partial charge in [0.15, 0.2) is 0 Å². The molecule has 2 N–H and O–H groups in total. The first kappa shape index (κ1) is 16.6. The van der Waals surface area contributed by atoms with E-state index < -0.39 is 22.5 Å². The van der Waals surface area contributed by atoms with E-state index in [1.54, 1.807) is 6.07 Å². The van der Waals surface area contributed by atoms with Gasteiger partial charge in [-0.3, -0.25) is 14.9 Å². The number of carbonyl (C=O) groups is 1. The van der Waals surface area contributed by atoms with Crippen LogP contribution in [-0.4, -0.2) is 26.9 Å². The highest BCUT2D eigenvalue weighted by atomic mass is 16.6. The molecule has 1 aliphatic heterocycles. The molecule has 0 aliphatic carbocycles. The molecular formula is C16H22N2O4. The first-order valence-corrected chi connectivity index (χ1v) is 7.28. The molecule has 0 saturated carbocycles. The van der Waals surface area contributed by atoms with Crippen LogP contribution in [0.15, 0.2) is 24.3 Å². The zero-order valence-corrected chi connectivity index (χ0v) is 13.3. The summed E-state index contributed by atoms with van der Waals surface area (Å²) < 4.78 is 0. The Morgan fingerprint density at radius 3 is 2.55 bits per heavy atom. The van der Waals surface area contributed by atoms with Crippen molar-refractivity contribution in [2.24, 2.45) is 5.92 Å². The van der Waals surface area contributed by atoms with Gasteiger partial charge in [-0.2, -0.15) is 0 Å². The number of carbonyl (C=O) groups excluding carboxylic acids is 1. The minimum atomic E-state index is -1.08. The summed E-state index contributed by atoms with van der Waals surface area (Å²) in [5.41, 5.74) is -0.643. The molecule has 0 spiro atoms. The van der Waals surface area contributed by atoms with E-state index in [-0.39, 0.29) is 17.0 Å². The van der Waals surface area contributed by atoms with Crippen molar-refractivity contribution in [2.75, 3.05) is 0 Å². The molecule has 120 valence electrons. The van der Waals surface area contributed by atoms with Crippen molar-refractivity contribution >= 4 is 11.5 Å². The maximum Gasteiger partial charge on any atom is 0.269 e. The summed E-state index contributed by atoms with van der Waals surface area (Å²) in [6, 6.07) is 5.83. The summed E-state index contributed by atoms with van der Waals surface area (Å²) in [6.45, 7) is 7.64. The Bertz CT molecular complexity index is 610. The summed E-state index contributed by atoms with van der Waals surface area (Å²) in [4.78, 5) is 22.9. The average molecular weight is 306 g/mol. The number of nitrogens with zero attached hydrogens (tertiary/aromatic N) is 1. The second-order valence-corrected chi connectivity index (χ2v) is 7.15. The Labute approximate surface area is 129 Å². The van der Waals surface area contributed by atoms with E-state index in [1.165, 1.54) is 18.2 Å². The predicted molar refractivity (Wildman–Crippen MR) is 82.5 cm³/mol. The lowest BCUT2D eigenvalue weighted by Gasteiger charge is -2.48. The lowest BCUT2D eigenvalue weighted by atomic mass is 9.70. The van der Waals surface area contributed by atoms with Gasteiger partial charge in [0.2, 0.25) is 0 Å². The number of nitro groups is 1. The van der Waals surface area contributed by atoms with Crippen LogP contribution in [-0.2, 0) is 4.79 Å². The van der Waals surface area contributed by atoms with E-state index in [9.17, 15) is 20.0 Å². The van der Waals surface area contributed by atoms with Crippen LogP contribution in [0.4, 0.5) is 5.69 Å². The first-order chi connectivity index (χ1) is 10.0. The van der Waals surface area contributed by atoms with Gasteiger partial charge in [0.05, 0.1) is 16.9 Å². The third kappa shape index (κ3) is 3.18. The molecular weight excluding hydrogens is 284 g/mol. The second kappa shape index (κ2) is 5.44. The molecule has 2 rings (SSSR count). The van der Waals surface area contributed by atoms with Crippen LogP contribution in [0.5, 0.6) is 0 Å². The highest BCUT2D eigenvalue weighted by molar-refractivity contribution is 5.85. The number of aliphatic hydroxyl groups is 1. The topological polar surface area (TPSA) is 92.5 Å². The number of nitro benzene ring substituents is 1. The summed E-state index contributed by atoms with van der Waals surface area (Å²) in [6.07, 6.45) is -0.765. The number of nitrogens with one attached hydrogen (secondary N) is 1. The molecule has 1 saturated heterocycles. The van der Waals surface area contributed by atoms with Crippen molar-refractivity contribution in [1.29, 1.82) is 0 Å². The standard InChI is InChI=1S/C16H22N2O4/c1-15(2)9-12(19)13(16(3,4)17-15)14(20)10-6-5-7-11(8-10)18(21)22/h5-8,13-14,17,20H,9H2,1-4H3/t13-,14+/m1/s1. The molecule has 0 bridgehead atoms. The summed E-state index contributed by atoms with van der Waals surface area (Å²) in [5.74, 6) is -0.685. The van der Waals surface area contributed by atoms with Crippen LogP contribution >= 0.6 is 0 Å². The molecule has 0 radical (unpaired) electrons. The van der Waals surface area contributed by atoms with Crippen LogP contribution in [0.3, 0.4) is 0 Å². The van der Waals surface area contributed by atoms with E-state index in [2.05, 4.69) is 5.32 Å². The van der Waals surface area contributed by atoms with Crippen LogP contribution in [0.1, 0.15) is 45.8 Å². The molecule has 1 fully saturated rings. The number of piperidine rings is 1. The summed E-state index contributed by atoms with van der Waals surface area (Å²) in [7, 11) is 0. The Balaban J connectivity index is 2.36. The quantitative estimate of drug-likeness (QED) is 0.660. The highest BCUT2D eigenvalue weighted by Crippen LogP contribution is 2.39. The lowest BCUT2D eigenvalue weighted by Crippen LogP contribution is -2.64. The van der Waals surface area contributed by atoms with Crippen molar-refractivity contribution in [3.63, 3.8) is 0 Å². The maximum absolute atomic E-state index is 12.5. The van der Waals surface area contributed by atoms with Gasteiger partial charge in [-0.15, -0.1) is 0 Å². The molecule has 1 aromatic rings.